The van der Waals surface area contributed by atoms with Crippen molar-refractivity contribution in [2.45, 2.75) is 25.4 Å². The Kier molecular flexibility index (Phi) is 1.91. The molecular weight excluding hydrogens is 167 g/mol. The van der Waals surface area contributed by atoms with Crippen LogP contribution >= 0.6 is 0 Å². The zero-order valence-electron chi connectivity index (χ0n) is 7.46. The quantitative estimate of drug-likeness (QED) is 0.636. The van der Waals surface area contributed by atoms with Gasteiger partial charge in [0.1, 0.15) is 6.17 Å². The maximum Gasteiger partial charge on any atom is 0.160 e. The van der Waals surface area contributed by atoms with Crippen LogP contribution in [0.4, 0.5) is 4.39 Å². The molecule has 0 bridgehead atoms. The van der Waals surface area contributed by atoms with E-state index in [1.807, 2.05) is 18.2 Å². The SMILES string of the molecule is CC(=O)c1ccccc1C1CC1F. The Bertz CT molecular complexity index is 346. The van der Waals surface area contributed by atoms with E-state index in [1.54, 1.807) is 6.07 Å². The lowest BCUT2D eigenvalue weighted by molar-refractivity contribution is 0.101. The van der Waals surface area contributed by atoms with E-state index in [9.17, 15) is 9.18 Å². The molecule has 68 valence electrons. The van der Waals surface area contributed by atoms with Gasteiger partial charge in [0.05, 0.1) is 0 Å². The van der Waals surface area contributed by atoms with Crippen molar-refractivity contribution < 1.29 is 9.18 Å². The number of halogens is 1. The molecule has 0 heterocycles. The van der Waals surface area contributed by atoms with Crippen LogP contribution in [0.5, 0.6) is 0 Å². The highest BCUT2D eigenvalue weighted by Gasteiger charge is 2.40. The average molecular weight is 178 g/mol. The highest BCUT2D eigenvalue weighted by atomic mass is 19.1. The third-order valence-corrected chi connectivity index (χ3v) is 2.45. The van der Waals surface area contributed by atoms with Crippen LogP contribution in [0.25, 0.3) is 0 Å². The molecule has 1 aromatic carbocycles. The first-order valence-corrected chi connectivity index (χ1v) is 4.44. The van der Waals surface area contributed by atoms with Gasteiger partial charge in [-0.2, -0.15) is 0 Å². The standard InChI is InChI=1S/C11H11FO/c1-7(13)8-4-2-3-5-9(8)10-6-11(10)12/h2-5,10-11H,6H2,1H3. The summed E-state index contributed by atoms with van der Waals surface area (Å²) in [7, 11) is 0. The normalized spacial score (nSPS) is 25.7. The zero-order valence-corrected chi connectivity index (χ0v) is 7.46. The summed E-state index contributed by atoms with van der Waals surface area (Å²) in [5.74, 6) is -0.00481. The van der Waals surface area contributed by atoms with Gasteiger partial charge >= 0.3 is 0 Å². The number of rotatable bonds is 2. The second kappa shape index (κ2) is 2.95. The summed E-state index contributed by atoms with van der Waals surface area (Å²) in [6.07, 6.45) is -0.162. The minimum Gasteiger partial charge on any atom is -0.295 e. The minimum atomic E-state index is -0.736. The molecule has 1 aliphatic rings. The fourth-order valence-electron chi connectivity index (χ4n) is 1.63. The number of alkyl halides is 1. The van der Waals surface area contributed by atoms with Crippen LogP contribution in [0.1, 0.15) is 35.2 Å². The Labute approximate surface area is 76.6 Å². The smallest absolute Gasteiger partial charge is 0.160 e. The molecule has 0 saturated heterocycles. The maximum atomic E-state index is 12.8. The van der Waals surface area contributed by atoms with Crippen LogP contribution in [0, 0.1) is 0 Å². The molecule has 1 nitrogen and oxygen atoms in total. The molecular formula is C11H11FO. The number of carbonyl (C=O) groups is 1. The molecule has 2 heteroatoms. The van der Waals surface area contributed by atoms with E-state index in [-0.39, 0.29) is 11.7 Å². The van der Waals surface area contributed by atoms with Gasteiger partial charge in [0.2, 0.25) is 0 Å². The van der Waals surface area contributed by atoms with Gasteiger partial charge in [-0.15, -0.1) is 0 Å². The molecule has 0 aromatic heterocycles. The van der Waals surface area contributed by atoms with Crippen molar-refractivity contribution in [2.75, 3.05) is 0 Å². The fraction of sp³-hybridized carbons (Fsp3) is 0.364. The summed E-state index contributed by atoms with van der Waals surface area (Å²) in [5, 5.41) is 0. The van der Waals surface area contributed by atoms with E-state index >= 15 is 0 Å². The first-order valence-electron chi connectivity index (χ1n) is 4.44. The van der Waals surface area contributed by atoms with Gasteiger partial charge in [-0.3, -0.25) is 4.79 Å². The van der Waals surface area contributed by atoms with E-state index < -0.39 is 6.17 Å². The molecule has 0 N–H and O–H groups in total. The van der Waals surface area contributed by atoms with Crippen molar-refractivity contribution in [1.29, 1.82) is 0 Å². The second-order valence-electron chi connectivity index (χ2n) is 3.50. The molecule has 0 amide bonds. The van der Waals surface area contributed by atoms with Gasteiger partial charge in [-0.25, -0.2) is 4.39 Å². The lowest BCUT2D eigenvalue weighted by Crippen LogP contribution is -1.98. The van der Waals surface area contributed by atoms with Crippen LogP contribution in [0.2, 0.25) is 0 Å². The van der Waals surface area contributed by atoms with Crippen molar-refractivity contribution in [3.8, 4) is 0 Å². The van der Waals surface area contributed by atoms with E-state index in [0.29, 0.717) is 12.0 Å². The predicted octanol–water partition coefficient (Wildman–Crippen LogP) is 2.71. The number of ketones is 1. The van der Waals surface area contributed by atoms with E-state index in [4.69, 9.17) is 0 Å². The molecule has 1 saturated carbocycles. The summed E-state index contributed by atoms with van der Waals surface area (Å²) in [5.41, 5.74) is 1.55. The lowest BCUT2D eigenvalue weighted by atomic mass is 10.0. The topological polar surface area (TPSA) is 17.1 Å². The highest BCUT2D eigenvalue weighted by molar-refractivity contribution is 5.95. The van der Waals surface area contributed by atoms with Gasteiger partial charge in [0.15, 0.2) is 5.78 Å². The third kappa shape index (κ3) is 1.48. The van der Waals surface area contributed by atoms with Gasteiger partial charge in [-0.05, 0) is 18.9 Å². The van der Waals surface area contributed by atoms with E-state index in [2.05, 4.69) is 0 Å². The minimum absolute atomic E-state index is 0.0229. The molecule has 1 aromatic rings. The van der Waals surface area contributed by atoms with Crippen LogP contribution in [0.15, 0.2) is 24.3 Å². The molecule has 0 spiro atoms. The molecule has 2 rings (SSSR count). The second-order valence-corrected chi connectivity index (χ2v) is 3.50. The molecule has 2 unspecified atom stereocenters. The number of carbonyl (C=O) groups excluding carboxylic acids is 1. The molecule has 1 aliphatic carbocycles. The van der Waals surface area contributed by atoms with Crippen molar-refractivity contribution in [2.24, 2.45) is 0 Å². The lowest BCUT2D eigenvalue weighted by Gasteiger charge is -2.03. The van der Waals surface area contributed by atoms with Gasteiger partial charge in [-0.1, -0.05) is 24.3 Å². The fourth-order valence-corrected chi connectivity index (χ4v) is 1.63. The number of hydrogen-bond acceptors (Lipinski definition) is 1. The summed E-state index contributed by atoms with van der Waals surface area (Å²) >= 11 is 0. The largest absolute Gasteiger partial charge is 0.295 e. The van der Waals surface area contributed by atoms with Crippen LogP contribution in [-0.2, 0) is 0 Å². The Morgan fingerprint density at radius 1 is 1.46 bits per heavy atom. The Morgan fingerprint density at radius 2 is 2.08 bits per heavy atom. The van der Waals surface area contributed by atoms with Crippen LogP contribution < -0.4 is 0 Å². The van der Waals surface area contributed by atoms with Gasteiger partial charge < -0.3 is 0 Å². The maximum absolute atomic E-state index is 12.8. The van der Waals surface area contributed by atoms with Crippen molar-refractivity contribution in [3.05, 3.63) is 35.4 Å². The Morgan fingerprint density at radius 3 is 2.62 bits per heavy atom. The summed E-state index contributed by atoms with van der Waals surface area (Å²) in [6.45, 7) is 1.52. The first-order chi connectivity index (χ1) is 6.20. The van der Waals surface area contributed by atoms with E-state index in [0.717, 1.165) is 5.56 Å². The van der Waals surface area contributed by atoms with Gasteiger partial charge in [0.25, 0.3) is 0 Å². The summed E-state index contributed by atoms with van der Waals surface area (Å²) in [4.78, 5) is 11.2. The average Bonchev–Trinajstić information content (AvgIpc) is 2.82. The molecule has 2 atom stereocenters. The third-order valence-electron chi connectivity index (χ3n) is 2.45. The first kappa shape index (κ1) is 8.42. The summed E-state index contributed by atoms with van der Waals surface area (Å²) < 4.78 is 12.8. The van der Waals surface area contributed by atoms with Gasteiger partial charge in [0, 0.05) is 11.5 Å². The van der Waals surface area contributed by atoms with Crippen molar-refractivity contribution in [3.63, 3.8) is 0 Å². The number of hydrogen-bond donors (Lipinski definition) is 0. The molecule has 13 heavy (non-hydrogen) atoms. The zero-order chi connectivity index (χ0) is 9.42. The van der Waals surface area contributed by atoms with Crippen molar-refractivity contribution in [1.82, 2.24) is 0 Å². The number of Topliss-reactive ketones (excluding diaryl/α,β-unsaturated/α-hetero) is 1. The monoisotopic (exact) mass is 178 g/mol. The Balaban J connectivity index is 2.38. The molecule has 0 aliphatic heterocycles. The van der Waals surface area contributed by atoms with Crippen molar-refractivity contribution >= 4 is 5.78 Å². The van der Waals surface area contributed by atoms with Crippen LogP contribution in [-0.4, -0.2) is 12.0 Å². The molecule has 1 fully saturated rings. The summed E-state index contributed by atoms with van der Waals surface area (Å²) in [6, 6.07) is 7.28. The predicted molar refractivity (Wildman–Crippen MR) is 48.7 cm³/mol. The molecule has 0 radical (unpaired) electrons. The van der Waals surface area contributed by atoms with Crippen LogP contribution in [0.3, 0.4) is 0 Å². The number of benzene rings is 1. The Hall–Kier alpha value is -1.18. The highest BCUT2D eigenvalue weighted by Crippen LogP contribution is 2.44. The van der Waals surface area contributed by atoms with E-state index in [1.165, 1.54) is 6.92 Å².